The van der Waals surface area contributed by atoms with Crippen molar-refractivity contribution in [3.63, 3.8) is 0 Å². The van der Waals surface area contributed by atoms with Crippen LogP contribution in [0.3, 0.4) is 0 Å². The van der Waals surface area contributed by atoms with E-state index < -0.39 is 0 Å². The summed E-state index contributed by atoms with van der Waals surface area (Å²) in [7, 11) is 0. The number of nitrogens with zero attached hydrogens (tertiary/aromatic N) is 2. The smallest absolute Gasteiger partial charge is 0.219 e. The quantitative estimate of drug-likeness (QED) is 0.305. The lowest BCUT2D eigenvalue weighted by Crippen LogP contribution is -2.37. The molecule has 132 valence electrons. The van der Waals surface area contributed by atoms with E-state index in [0.29, 0.717) is 30.7 Å². The Balaban J connectivity index is 0.00000312. The van der Waals surface area contributed by atoms with Crippen molar-refractivity contribution in [3.05, 3.63) is 54.0 Å². The van der Waals surface area contributed by atoms with Gasteiger partial charge in [0, 0.05) is 18.8 Å². The second-order valence-corrected chi connectivity index (χ2v) is 4.81. The number of halogens is 2. The first kappa shape index (κ1) is 20.7. The van der Waals surface area contributed by atoms with Gasteiger partial charge in [-0.2, -0.15) is 0 Å². The van der Waals surface area contributed by atoms with E-state index in [9.17, 15) is 4.39 Å². The number of aliphatic imine (C=N–C) groups is 1. The number of rotatable bonds is 6. The van der Waals surface area contributed by atoms with Crippen LogP contribution in [0.4, 0.5) is 4.39 Å². The molecule has 1 aromatic heterocycles. The third-order valence-electron chi connectivity index (χ3n) is 2.96. The van der Waals surface area contributed by atoms with Crippen molar-refractivity contribution in [1.82, 2.24) is 15.6 Å². The topological polar surface area (TPSA) is 58.5 Å². The maximum atomic E-state index is 12.9. The fraction of sp³-hybridized carbons (Fsp3) is 0.222. The van der Waals surface area contributed by atoms with Crippen LogP contribution < -0.4 is 15.4 Å². The number of ether oxygens (including phenoxy) is 1. The summed E-state index contributed by atoms with van der Waals surface area (Å²) < 4.78 is 18.4. The number of pyridine rings is 1. The second-order valence-electron chi connectivity index (χ2n) is 4.81. The van der Waals surface area contributed by atoms with Crippen LogP contribution in [0.25, 0.3) is 0 Å². The zero-order valence-corrected chi connectivity index (χ0v) is 16.2. The number of hydrogen-bond acceptors (Lipinski definition) is 3. The average molecular weight is 454 g/mol. The molecule has 0 unspecified atom stereocenters. The van der Waals surface area contributed by atoms with E-state index in [-0.39, 0.29) is 29.8 Å². The molecule has 0 aliphatic heterocycles. The predicted octanol–water partition coefficient (Wildman–Crippen LogP) is 3.32. The molecule has 0 saturated carbocycles. The molecule has 5 nitrogen and oxygen atoms in total. The Morgan fingerprint density at radius 1 is 1.24 bits per heavy atom. The van der Waals surface area contributed by atoms with E-state index in [4.69, 9.17) is 11.2 Å². The van der Waals surface area contributed by atoms with Gasteiger partial charge in [0.05, 0.1) is 13.1 Å². The van der Waals surface area contributed by atoms with Crippen LogP contribution in [0.5, 0.6) is 11.6 Å². The molecule has 0 spiro atoms. The van der Waals surface area contributed by atoms with E-state index >= 15 is 0 Å². The molecular weight excluding hydrogens is 434 g/mol. The summed E-state index contributed by atoms with van der Waals surface area (Å²) in [6.45, 7) is 3.60. The summed E-state index contributed by atoms with van der Waals surface area (Å²) in [5.74, 6) is 3.82. The first-order chi connectivity index (χ1) is 11.7. The van der Waals surface area contributed by atoms with Crippen molar-refractivity contribution in [2.24, 2.45) is 4.99 Å². The van der Waals surface area contributed by atoms with Crippen molar-refractivity contribution in [1.29, 1.82) is 0 Å². The van der Waals surface area contributed by atoms with Crippen LogP contribution in [0.2, 0.25) is 0 Å². The minimum absolute atomic E-state index is 0. The Labute approximate surface area is 164 Å². The van der Waals surface area contributed by atoms with Gasteiger partial charge in [0.2, 0.25) is 5.88 Å². The largest absolute Gasteiger partial charge is 0.439 e. The Morgan fingerprint density at radius 3 is 2.60 bits per heavy atom. The van der Waals surface area contributed by atoms with Crippen LogP contribution in [0.15, 0.2) is 47.6 Å². The van der Waals surface area contributed by atoms with Crippen LogP contribution in [-0.4, -0.2) is 24.0 Å². The van der Waals surface area contributed by atoms with Gasteiger partial charge in [0.25, 0.3) is 0 Å². The van der Waals surface area contributed by atoms with E-state index in [1.54, 1.807) is 24.4 Å². The summed E-state index contributed by atoms with van der Waals surface area (Å²) in [4.78, 5) is 8.65. The fourth-order valence-corrected chi connectivity index (χ4v) is 1.84. The summed E-state index contributed by atoms with van der Waals surface area (Å²) in [6.07, 6.45) is 6.92. The fourth-order valence-electron chi connectivity index (χ4n) is 1.84. The zero-order chi connectivity index (χ0) is 17.2. The van der Waals surface area contributed by atoms with Gasteiger partial charge in [-0.05, 0) is 36.8 Å². The number of hydrogen-bond donors (Lipinski definition) is 2. The summed E-state index contributed by atoms with van der Waals surface area (Å²) in [5.41, 5.74) is 0.930. The molecule has 0 fully saturated rings. The molecule has 0 bridgehead atoms. The SMILES string of the molecule is C#CCNC(=NCc1ccc(Oc2ccc(F)cc2)nc1)NCC.I. The Kier molecular flexibility index (Phi) is 9.32. The monoisotopic (exact) mass is 454 g/mol. The first-order valence-electron chi connectivity index (χ1n) is 7.55. The number of nitrogens with one attached hydrogen (secondary N) is 2. The molecule has 0 aliphatic rings. The normalized spacial score (nSPS) is 10.4. The van der Waals surface area contributed by atoms with Gasteiger partial charge < -0.3 is 15.4 Å². The molecule has 1 aromatic carbocycles. The van der Waals surface area contributed by atoms with Crippen molar-refractivity contribution >= 4 is 29.9 Å². The minimum Gasteiger partial charge on any atom is -0.439 e. The van der Waals surface area contributed by atoms with Crippen molar-refractivity contribution in [2.75, 3.05) is 13.1 Å². The molecule has 0 aliphatic carbocycles. The third kappa shape index (κ3) is 7.39. The number of guanidine groups is 1. The highest BCUT2D eigenvalue weighted by molar-refractivity contribution is 14.0. The maximum absolute atomic E-state index is 12.9. The third-order valence-corrected chi connectivity index (χ3v) is 2.96. The molecule has 2 aromatic rings. The number of terminal acetylenes is 1. The van der Waals surface area contributed by atoms with Gasteiger partial charge in [0.15, 0.2) is 5.96 Å². The van der Waals surface area contributed by atoms with Crippen molar-refractivity contribution < 1.29 is 9.13 Å². The highest BCUT2D eigenvalue weighted by Crippen LogP contribution is 2.19. The first-order valence-corrected chi connectivity index (χ1v) is 7.55. The average Bonchev–Trinajstić information content (AvgIpc) is 2.60. The van der Waals surface area contributed by atoms with Crippen LogP contribution in [0, 0.1) is 18.2 Å². The van der Waals surface area contributed by atoms with Crippen molar-refractivity contribution in [2.45, 2.75) is 13.5 Å². The van der Waals surface area contributed by atoms with E-state index in [1.807, 2.05) is 13.0 Å². The molecule has 0 radical (unpaired) electrons. The molecular formula is C18H20FIN4O. The predicted molar refractivity (Wildman–Crippen MR) is 108 cm³/mol. The lowest BCUT2D eigenvalue weighted by Gasteiger charge is -2.09. The zero-order valence-electron chi connectivity index (χ0n) is 13.8. The summed E-state index contributed by atoms with van der Waals surface area (Å²) in [6, 6.07) is 9.40. The van der Waals surface area contributed by atoms with Crippen LogP contribution in [-0.2, 0) is 6.54 Å². The molecule has 25 heavy (non-hydrogen) atoms. The maximum Gasteiger partial charge on any atom is 0.219 e. The van der Waals surface area contributed by atoms with E-state index in [2.05, 4.69) is 26.5 Å². The highest BCUT2D eigenvalue weighted by atomic mass is 127. The van der Waals surface area contributed by atoms with Crippen molar-refractivity contribution in [3.8, 4) is 24.0 Å². The van der Waals surface area contributed by atoms with Gasteiger partial charge in [-0.1, -0.05) is 12.0 Å². The standard InChI is InChI=1S/C18H19FN4O.HI/c1-3-11-21-18(20-4-2)23-13-14-5-10-17(22-12-14)24-16-8-6-15(19)7-9-16;/h1,5-10,12H,4,11,13H2,2H3,(H2,20,21,23);1H. The molecule has 7 heteroatoms. The minimum atomic E-state index is -0.307. The lowest BCUT2D eigenvalue weighted by atomic mass is 10.3. The van der Waals surface area contributed by atoms with Gasteiger partial charge in [-0.25, -0.2) is 14.4 Å². The van der Waals surface area contributed by atoms with E-state index in [1.165, 1.54) is 12.1 Å². The van der Waals surface area contributed by atoms with E-state index in [0.717, 1.165) is 12.1 Å². The van der Waals surface area contributed by atoms with Gasteiger partial charge in [-0.3, -0.25) is 0 Å². The molecule has 2 N–H and O–H groups in total. The Bertz CT molecular complexity index is 711. The lowest BCUT2D eigenvalue weighted by molar-refractivity contribution is 0.461. The number of aromatic nitrogens is 1. The molecule has 0 saturated heterocycles. The van der Waals surface area contributed by atoms with Crippen LogP contribution in [0.1, 0.15) is 12.5 Å². The highest BCUT2D eigenvalue weighted by Gasteiger charge is 2.01. The van der Waals surface area contributed by atoms with Gasteiger partial charge in [-0.15, -0.1) is 30.4 Å². The van der Waals surface area contributed by atoms with Gasteiger partial charge in [0.1, 0.15) is 11.6 Å². The summed E-state index contributed by atoms with van der Waals surface area (Å²) in [5, 5.41) is 6.12. The molecule has 2 rings (SSSR count). The Morgan fingerprint density at radius 2 is 2.00 bits per heavy atom. The molecule has 1 heterocycles. The number of benzene rings is 1. The second kappa shape index (κ2) is 11.3. The molecule has 0 atom stereocenters. The van der Waals surface area contributed by atoms with Crippen LogP contribution >= 0.6 is 24.0 Å². The molecule has 0 amide bonds. The summed E-state index contributed by atoms with van der Waals surface area (Å²) >= 11 is 0. The Hall–Kier alpha value is -2.34. The van der Waals surface area contributed by atoms with Gasteiger partial charge >= 0.3 is 0 Å².